The molecule has 0 aromatic heterocycles. The second kappa shape index (κ2) is 11.3. The number of nitrogens with zero attached hydrogens (tertiary/aromatic N) is 1. The summed E-state index contributed by atoms with van der Waals surface area (Å²) >= 11 is 0. The Labute approximate surface area is 243 Å². The number of sulfonamides is 2. The van der Waals surface area contributed by atoms with Gasteiger partial charge in [-0.15, -0.1) is 4.40 Å². The third-order valence-electron chi connectivity index (χ3n) is 6.86. The van der Waals surface area contributed by atoms with Crippen molar-refractivity contribution in [1.82, 2.24) is 10.6 Å². The highest BCUT2D eigenvalue weighted by Gasteiger charge is 2.54. The molecule has 13 nitrogen and oxygen atoms in total. The number of ketones is 2. The van der Waals surface area contributed by atoms with Crippen LogP contribution in [0.4, 0.5) is 11.4 Å². The molecule has 2 aromatic rings. The van der Waals surface area contributed by atoms with E-state index in [1.165, 1.54) is 25.1 Å². The molecule has 0 radical (unpaired) electrons. The lowest BCUT2D eigenvalue weighted by Gasteiger charge is -2.42. The molecule has 2 atom stereocenters. The van der Waals surface area contributed by atoms with E-state index in [0.29, 0.717) is 6.42 Å². The predicted octanol–water partition coefficient (Wildman–Crippen LogP) is 1.54. The van der Waals surface area contributed by atoms with E-state index < -0.39 is 67.3 Å². The van der Waals surface area contributed by atoms with Gasteiger partial charge in [-0.1, -0.05) is 38.1 Å². The molecule has 2 amide bonds. The van der Waals surface area contributed by atoms with E-state index in [4.69, 9.17) is 0 Å². The van der Waals surface area contributed by atoms with Gasteiger partial charge in [0.1, 0.15) is 22.2 Å². The topological polar surface area (TPSA) is 197 Å². The fourth-order valence-corrected chi connectivity index (χ4v) is 6.73. The molecule has 42 heavy (non-hydrogen) atoms. The third kappa shape index (κ3) is 6.21. The first-order valence-electron chi connectivity index (χ1n) is 13.0. The van der Waals surface area contributed by atoms with Gasteiger partial charge in [0.15, 0.2) is 11.6 Å². The van der Waals surface area contributed by atoms with Crippen LogP contribution >= 0.6 is 0 Å². The second-order valence-electron chi connectivity index (χ2n) is 10.7. The zero-order chi connectivity index (χ0) is 31.0. The number of benzene rings is 2. The van der Waals surface area contributed by atoms with Crippen molar-refractivity contribution in [3.63, 3.8) is 0 Å². The lowest BCUT2D eigenvalue weighted by atomic mass is 9.67. The number of amides is 2. The number of amidine groups is 1. The number of hydrogen-bond acceptors (Lipinski definition) is 9. The SMILES string of the molecule is CC(=O)NCC(=O)NC1(CCC(C)C)C(=O)C(C2=NS(=O)(=O)c3cc(NS(C)(=O)=O)ccc3N2)C(=O)c2ccccc21. The van der Waals surface area contributed by atoms with Crippen molar-refractivity contribution in [2.24, 2.45) is 16.2 Å². The molecule has 2 unspecified atom stereocenters. The van der Waals surface area contributed by atoms with E-state index in [-0.39, 0.29) is 39.7 Å². The Kier molecular flexibility index (Phi) is 8.29. The van der Waals surface area contributed by atoms with Crippen LogP contribution in [0.5, 0.6) is 0 Å². The Balaban J connectivity index is 1.83. The lowest BCUT2D eigenvalue weighted by Crippen LogP contribution is -2.61. The molecule has 2 aromatic carbocycles. The number of rotatable bonds is 9. The summed E-state index contributed by atoms with van der Waals surface area (Å²) in [6.07, 6.45) is 1.46. The first-order chi connectivity index (χ1) is 19.5. The monoisotopic (exact) mass is 617 g/mol. The maximum absolute atomic E-state index is 14.4. The zero-order valence-corrected chi connectivity index (χ0v) is 25.0. The van der Waals surface area contributed by atoms with Crippen LogP contribution in [-0.2, 0) is 40.0 Å². The van der Waals surface area contributed by atoms with Crippen molar-refractivity contribution in [2.75, 3.05) is 22.8 Å². The maximum atomic E-state index is 14.4. The Hall–Kier alpha value is -4.11. The van der Waals surface area contributed by atoms with Crippen LogP contribution in [0, 0.1) is 11.8 Å². The number of fused-ring (bicyclic) bond motifs is 2. The van der Waals surface area contributed by atoms with Gasteiger partial charge in [0, 0.05) is 18.2 Å². The molecule has 4 rings (SSSR count). The minimum Gasteiger partial charge on any atom is -0.347 e. The fraction of sp³-hybridized carbons (Fsp3) is 0.370. The first kappa shape index (κ1) is 30.8. The molecule has 1 aliphatic carbocycles. The number of carbonyl (C=O) groups is 4. The Morgan fingerprint density at radius 2 is 1.81 bits per heavy atom. The van der Waals surface area contributed by atoms with E-state index in [1.54, 1.807) is 18.2 Å². The van der Waals surface area contributed by atoms with Crippen molar-refractivity contribution in [3.05, 3.63) is 53.6 Å². The van der Waals surface area contributed by atoms with Gasteiger partial charge >= 0.3 is 0 Å². The van der Waals surface area contributed by atoms with Crippen molar-refractivity contribution < 1.29 is 36.0 Å². The Bertz CT molecular complexity index is 1730. The van der Waals surface area contributed by atoms with Crippen molar-refractivity contribution >= 4 is 60.6 Å². The quantitative estimate of drug-likeness (QED) is 0.302. The van der Waals surface area contributed by atoms with Crippen LogP contribution in [0.15, 0.2) is 51.8 Å². The summed E-state index contributed by atoms with van der Waals surface area (Å²) in [6, 6.07) is 9.97. The first-order valence-corrected chi connectivity index (χ1v) is 16.3. The van der Waals surface area contributed by atoms with Crippen molar-refractivity contribution in [3.8, 4) is 0 Å². The average Bonchev–Trinajstić information content (AvgIpc) is 2.88. The highest BCUT2D eigenvalue weighted by atomic mass is 32.2. The lowest BCUT2D eigenvalue weighted by molar-refractivity contribution is -0.134. The number of nitrogens with one attached hydrogen (secondary N) is 4. The van der Waals surface area contributed by atoms with E-state index in [2.05, 4.69) is 25.1 Å². The number of anilines is 2. The third-order valence-corrected chi connectivity index (χ3v) is 8.80. The molecule has 1 aliphatic heterocycles. The molecule has 0 spiro atoms. The van der Waals surface area contributed by atoms with E-state index in [0.717, 1.165) is 12.3 Å². The standard InChI is InChI=1S/C27H31N5O8S2/c1-15(2)11-12-27(30-22(34)14-28-16(3)33)19-8-6-5-7-18(19)24(35)23(25(27)36)26-29-20-10-9-17(31-41(4,37)38)13-21(20)42(39,40)32-26/h5-10,13,15,23,31H,11-12,14H2,1-4H3,(H,28,33)(H,29,32)(H,30,34). The molecule has 4 N–H and O–H groups in total. The highest BCUT2D eigenvalue weighted by Crippen LogP contribution is 2.42. The highest BCUT2D eigenvalue weighted by molar-refractivity contribution is 7.92. The molecule has 0 saturated carbocycles. The van der Waals surface area contributed by atoms with Crippen molar-refractivity contribution in [2.45, 2.75) is 44.0 Å². The summed E-state index contributed by atoms with van der Waals surface area (Å²) in [4.78, 5) is 52.3. The molecule has 0 bridgehead atoms. The molecule has 1 heterocycles. The molecular formula is C27H31N5O8S2. The van der Waals surface area contributed by atoms with Crippen LogP contribution in [0.1, 0.15) is 49.5 Å². The van der Waals surface area contributed by atoms with Crippen LogP contribution in [0.3, 0.4) is 0 Å². The van der Waals surface area contributed by atoms with Gasteiger partial charge < -0.3 is 16.0 Å². The maximum Gasteiger partial charge on any atom is 0.286 e. The van der Waals surface area contributed by atoms with Gasteiger partial charge in [0.2, 0.25) is 21.8 Å². The van der Waals surface area contributed by atoms with Gasteiger partial charge in [-0.2, -0.15) is 8.42 Å². The van der Waals surface area contributed by atoms with Gasteiger partial charge in [-0.3, -0.25) is 23.9 Å². The molecule has 0 saturated heterocycles. The summed E-state index contributed by atoms with van der Waals surface area (Å²) in [7, 11) is -8.20. The number of Topliss-reactive ketones (excluding diaryl/α,β-unsaturated/α-hetero) is 2. The second-order valence-corrected chi connectivity index (χ2v) is 14.0. The summed E-state index contributed by atoms with van der Waals surface area (Å²) in [6.45, 7) is 4.68. The molecule has 15 heteroatoms. The van der Waals surface area contributed by atoms with Crippen molar-refractivity contribution in [1.29, 1.82) is 0 Å². The van der Waals surface area contributed by atoms with E-state index in [1.807, 2.05) is 13.8 Å². The molecule has 2 aliphatic rings. The number of carbonyl (C=O) groups excluding carboxylic acids is 4. The molecule has 224 valence electrons. The summed E-state index contributed by atoms with van der Waals surface area (Å²) < 4.78 is 55.8. The summed E-state index contributed by atoms with van der Waals surface area (Å²) in [5, 5.41) is 7.93. The van der Waals surface area contributed by atoms with Gasteiger partial charge in [-0.05, 0) is 42.5 Å². The fourth-order valence-electron chi connectivity index (χ4n) is 4.99. The van der Waals surface area contributed by atoms with E-state index >= 15 is 0 Å². The van der Waals surface area contributed by atoms with Gasteiger partial charge in [0.05, 0.1) is 18.5 Å². The average molecular weight is 618 g/mol. The minimum atomic E-state index is -4.50. The Morgan fingerprint density at radius 3 is 2.45 bits per heavy atom. The van der Waals surface area contributed by atoms with Crippen LogP contribution < -0.4 is 20.7 Å². The number of hydrogen-bond donors (Lipinski definition) is 4. The predicted molar refractivity (Wildman–Crippen MR) is 155 cm³/mol. The smallest absolute Gasteiger partial charge is 0.286 e. The largest absolute Gasteiger partial charge is 0.347 e. The molecular weight excluding hydrogens is 586 g/mol. The minimum absolute atomic E-state index is 0.0130. The summed E-state index contributed by atoms with van der Waals surface area (Å²) in [5.41, 5.74) is -1.38. The van der Waals surface area contributed by atoms with E-state index in [9.17, 15) is 36.0 Å². The summed E-state index contributed by atoms with van der Waals surface area (Å²) in [5.74, 6) is -4.67. The Morgan fingerprint density at radius 1 is 1.12 bits per heavy atom. The molecule has 0 fully saturated rings. The zero-order valence-electron chi connectivity index (χ0n) is 23.3. The van der Waals surface area contributed by atoms with Gasteiger partial charge in [0.25, 0.3) is 10.0 Å². The normalized spacial score (nSPS) is 21.0. The van der Waals surface area contributed by atoms with Crippen LogP contribution in [0.2, 0.25) is 0 Å². The van der Waals surface area contributed by atoms with Crippen LogP contribution in [-0.4, -0.2) is 58.9 Å². The van der Waals surface area contributed by atoms with Crippen LogP contribution in [0.25, 0.3) is 0 Å². The van der Waals surface area contributed by atoms with Gasteiger partial charge in [-0.25, -0.2) is 8.42 Å².